The van der Waals surface area contributed by atoms with E-state index >= 15 is 0 Å². The Bertz CT molecular complexity index is 1190. The van der Waals surface area contributed by atoms with Gasteiger partial charge < -0.3 is 10.1 Å². The van der Waals surface area contributed by atoms with E-state index in [0.29, 0.717) is 17.5 Å². The van der Waals surface area contributed by atoms with Crippen molar-refractivity contribution in [2.75, 3.05) is 5.32 Å². The van der Waals surface area contributed by atoms with Crippen LogP contribution in [0, 0.1) is 16.0 Å². The predicted molar refractivity (Wildman–Crippen MR) is 127 cm³/mol. The van der Waals surface area contributed by atoms with Crippen LogP contribution in [0.5, 0.6) is 5.75 Å². The Morgan fingerprint density at radius 3 is 2.44 bits per heavy atom. The summed E-state index contributed by atoms with van der Waals surface area (Å²) in [5, 5.41) is 15.8. The van der Waals surface area contributed by atoms with Crippen molar-refractivity contribution in [3.8, 4) is 5.75 Å². The summed E-state index contributed by atoms with van der Waals surface area (Å²) in [5.41, 5.74) is 4.10. The number of nitro benzene ring substituents is 1. The van der Waals surface area contributed by atoms with E-state index in [2.05, 4.69) is 29.6 Å². The van der Waals surface area contributed by atoms with Gasteiger partial charge in [-0.1, -0.05) is 47.5 Å². The van der Waals surface area contributed by atoms with Gasteiger partial charge in [0.1, 0.15) is 12.4 Å². The van der Waals surface area contributed by atoms with Gasteiger partial charge in [-0.3, -0.25) is 10.1 Å². The highest BCUT2D eigenvalue weighted by atomic mass is 35.5. The molecule has 1 aliphatic carbocycles. The second-order valence-electron chi connectivity index (χ2n) is 8.07. The normalized spacial score (nSPS) is 20.9. The number of ether oxygens (including phenoxy) is 1. The fourth-order valence-corrected chi connectivity index (χ4v) is 5.11. The van der Waals surface area contributed by atoms with E-state index < -0.39 is 4.92 Å². The van der Waals surface area contributed by atoms with Crippen molar-refractivity contribution in [1.29, 1.82) is 0 Å². The molecule has 1 aliphatic heterocycles. The van der Waals surface area contributed by atoms with Crippen LogP contribution in [0.1, 0.15) is 35.1 Å². The van der Waals surface area contributed by atoms with Crippen LogP contribution in [0.3, 0.4) is 0 Å². The molecule has 5 rings (SSSR count). The van der Waals surface area contributed by atoms with Gasteiger partial charge in [0, 0.05) is 28.6 Å². The maximum Gasteiger partial charge on any atom is 0.269 e. The molecule has 0 bridgehead atoms. The maximum atomic E-state index is 10.8. The monoisotopic (exact) mass is 466 g/mol. The molecule has 0 amide bonds. The van der Waals surface area contributed by atoms with Gasteiger partial charge in [-0.15, -0.1) is 0 Å². The van der Waals surface area contributed by atoms with Crippen molar-refractivity contribution in [2.24, 2.45) is 5.92 Å². The zero-order chi connectivity index (χ0) is 22.2. The first-order valence-electron chi connectivity index (χ1n) is 10.4. The largest absolute Gasteiger partial charge is 0.489 e. The maximum absolute atomic E-state index is 10.8. The number of anilines is 1. The lowest BCUT2D eigenvalue weighted by Crippen LogP contribution is -2.29. The number of nitro groups is 1. The molecule has 3 atom stereocenters. The first-order valence-corrected chi connectivity index (χ1v) is 11.1. The molecule has 162 valence electrons. The molecule has 0 saturated carbocycles. The van der Waals surface area contributed by atoms with Gasteiger partial charge in [0.15, 0.2) is 0 Å². The molecule has 0 radical (unpaired) electrons. The molecule has 1 heterocycles. The number of hydrogen-bond acceptors (Lipinski definition) is 4. The smallest absolute Gasteiger partial charge is 0.269 e. The molecule has 3 aromatic rings. The van der Waals surface area contributed by atoms with Gasteiger partial charge in [-0.25, -0.2) is 0 Å². The van der Waals surface area contributed by atoms with E-state index in [1.54, 1.807) is 12.1 Å². The highest BCUT2D eigenvalue weighted by molar-refractivity contribution is 6.36. The standard InChI is InChI=1S/C25H20Cl2N2O3/c26-21-12-13-22(27)25-23(21)19-2-1-3-20(19)24(28-25)16-6-10-18(11-7-16)32-14-15-4-8-17(9-5-15)29(30)31/h1-2,4-13,19-20,24,28H,3,14H2/t19-,20+,24+/m1/s1. The third-order valence-corrected chi connectivity index (χ3v) is 6.85. The van der Waals surface area contributed by atoms with Crippen LogP contribution in [0.15, 0.2) is 72.8 Å². The Hall–Kier alpha value is -3.02. The van der Waals surface area contributed by atoms with Crippen LogP contribution in [0.25, 0.3) is 0 Å². The zero-order valence-corrected chi connectivity index (χ0v) is 18.5. The van der Waals surface area contributed by atoms with Crippen molar-refractivity contribution in [3.63, 3.8) is 0 Å². The van der Waals surface area contributed by atoms with Crippen molar-refractivity contribution in [1.82, 2.24) is 0 Å². The van der Waals surface area contributed by atoms with Gasteiger partial charge in [-0.2, -0.15) is 0 Å². The molecule has 5 nitrogen and oxygen atoms in total. The van der Waals surface area contributed by atoms with Gasteiger partial charge in [0.2, 0.25) is 0 Å². The highest BCUT2D eigenvalue weighted by Gasteiger charge is 2.39. The van der Waals surface area contributed by atoms with E-state index in [4.69, 9.17) is 27.9 Å². The average molecular weight is 467 g/mol. The zero-order valence-electron chi connectivity index (χ0n) is 17.0. The summed E-state index contributed by atoms with van der Waals surface area (Å²) < 4.78 is 5.87. The summed E-state index contributed by atoms with van der Waals surface area (Å²) in [6, 6.07) is 18.2. The lowest BCUT2D eigenvalue weighted by Gasteiger charge is -2.38. The van der Waals surface area contributed by atoms with Crippen LogP contribution in [0.4, 0.5) is 11.4 Å². The second-order valence-corrected chi connectivity index (χ2v) is 8.89. The number of allylic oxidation sites excluding steroid dienone is 2. The lowest BCUT2D eigenvalue weighted by molar-refractivity contribution is -0.384. The molecule has 32 heavy (non-hydrogen) atoms. The minimum absolute atomic E-state index is 0.0701. The summed E-state index contributed by atoms with van der Waals surface area (Å²) in [6.07, 6.45) is 5.43. The van der Waals surface area contributed by atoms with E-state index in [9.17, 15) is 10.1 Å². The fraction of sp³-hybridized carbons (Fsp3) is 0.200. The predicted octanol–water partition coefficient (Wildman–Crippen LogP) is 7.31. The van der Waals surface area contributed by atoms with Crippen molar-refractivity contribution in [2.45, 2.75) is 25.0 Å². The number of rotatable bonds is 5. The molecule has 7 heteroatoms. The Morgan fingerprint density at radius 1 is 1.00 bits per heavy atom. The summed E-state index contributed by atoms with van der Waals surface area (Å²) in [5.74, 6) is 1.34. The van der Waals surface area contributed by atoms with Gasteiger partial charge in [-0.05, 0) is 59.9 Å². The minimum atomic E-state index is -0.410. The van der Waals surface area contributed by atoms with Crippen LogP contribution >= 0.6 is 23.2 Å². The molecule has 2 aliphatic rings. The van der Waals surface area contributed by atoms with E-state index in [1.165, 1.54) is 12.1 Å². The van der Waals surface area contributed by atoms with E-state index in [0.717, 1.165) is 39.6 Å². The fourth-order valence-electron chi connectivity index (χ4n) is 4.61. The number of hydrogen-bond donors (Lipinski definition) is 1. The van der Waals surface area contributed by atoms with Crippen molar-refractivity contribution >= 4 is 34.6 Å². The molecule has 0 saturated heterocycles. The third kappa shape index (κ3) is 3.83. The van der Waals surface area contributed by atoms with Crippen molar-refractivity contribution in [3.05, 3.63) is 110 Å². The first-order chi connectivity index (χ1) is 15.5. The highest BCUT2D eigenvalue weighted by Crippen LogP contribution is 2.53. The second kappa shape index (κ2) is 8.49. The summed E-state index contributed by atoms with van der Waals surface area (Å²) in [6.45, 7) is 0.342. The average Bonchev–Trinajstić information content (AvgIpc) is 3.30. The number of non-ortho nitro benzene ring substituents is 1. The third-order valence-electron chi connectivity index (χ3n) is 6.21. The lowest BCUT2D eigenvalue weighted by atomic mass is 9.77. The Kier molecular flexibility index (Phi) is 5.53. The number of benzene rings is 3. The SMILES string of the molecule is O=[N+]([O-])c1ccc(COc2ccc([C@@H]3Nc4c(Cl)ccc(Cl)c4[C@@H]4C=CC[C@@H]43)cc2)cc1. The van der Waals surface area contributed by atoms with Gasteiger partial charge >= 0.3 is 0 Å². The summed E-state index contributed by atoms with van der Waals surface area (Å²) >= 11 is 13.0. The first kappa shape index (κ1) is 20.9. The molecular weight excluding hydrogens is 447 g/mol. The van der Waals surface area contributed by atoms with Gasteiger partial charge in [0.25, 0.3) is 5.69 Å². The van der Waals surface area contributed by atoms with Crippen LogP contribution in [-0.2, 0) is 6.61 Å². The van der Waals surface area contributed by atoms with Crippen LogP contribution in [0.2, 0.25) is 10.0 Å². The van der Waals surface area contributed by atoms with Crippen molar-refractivity contribution < 1.29 is 9.66 Å². The van der Waals surface area contributed by atoms with Crippen LogP contribution in [-0.4, -0.2) is 4.92 Å². The molecule has 1 N–H and O–H groups in total. The molecule has 3 aromatic carbocycles. The Balaban J connectivity index is 1.33. The van der Waals surface area contributed by atoms with E-state index in [1.807, 2.05) is 24.3 Å². The number of fused-ring (bicyclic) bond motifs is 3. The summed E-state index contributed by atoms with van der Waals surface area (Å²) in [7, 11) is 0. The Morgan fingerprint density at radius 2 is 1.72 bits per heavy atom. The van der Waals surface area contributed by atoms with Crippen LogP contribution < -0.4 is 10.1 Å². The van der Waals surface area contributed by atoms with E-state index in [-0.39, 0.29) is 17.6 Å². The minimum Gasteiger partial charge on any atom is -0.489 e. The molecule has 0 fully saturated rings. The molecule has 0 spiro atoms. The topological polar surface area (TPSA) is 64.4 Å². The molecule has 0 unspecified atom stereocenters. The number of nitrogens with one attached hydrogen (secondary N) is 1. The molecule has 0 aromatic heterocycles. The number of nitrogens with zero attached hydrogens (tertiary/aromatic N) is 1. The molecular formula is C25H20Cl2N2O3. The van der Waals surface area contributed by atoms with Gasteiger partial charge in [0.05, 0.1) is 21.7 Å². The number of halogens is 2. The Labute approximate surface area is 195 Å². The summed E-state index contributed by atoms with van der Waals surface area (Å²) in [4.78, 5) is 10.4. The quantitative estimate of drug-likeness (QED) is 0.243.